The van der Waals surface area contributed by atoms with Crippen LogP contribution in [0.25, 0.3) is 0 Å². The van der Waals surface area contributed by atoms with Gasteiger partial charge in [-0.2, -0.15) is 13.5 Å². The zero-order valence-corrected chi connectivity index (χ0v) is 23.6. The first-order chi connectivity index (χ1) is 17.6. The molecule has 1 fully saturated rings. The smallest absolute Gasteiger partial charge is 0.255 e. The maximum Gasteiger partial charge on any atom is 0.255 e. The Morgan fingerprint density at radius 2 is 1.57 bits per heavy atom. The Morgan fingerprint density at radius 1 is 0.973 bits per heavy atom. The summed E-state index contributed by atoms with van der Waals surface area (Å²) in [6, 6.07) is 3.64. The van der Waals surface area contributed by atoms with Crippen LogP contribution in [0, 0.1) is 0 Å². The third-order valence-electron chi connectivity index (χ3n) is 6.22. The van der Waals surface area contributed by atoms with E-state index in [2.05, 4.69) is 72.7 Å². The van der Waals surface area contributed by atoms with E-state index in [1.165, 1.54) is 0 Å². The molecule has 2 heterocycles. The van der Waals surface area contributed by atoms with Gasteiger partial charge in [0.1, 0.15) is 0 Å². The molecule has 0 radical (unpaired) electrons. The average molecular weight is 524 g/mol. The van der Waals surface area contributed by atoms with E-state index in [-0.39, 0.29) is 31.4 Å². The second-order valence-corrected chi connectivity index (χ2v) is 9.04. The molecule has 202 valence electrons. The number of carbonyl (C=O) groups excluding carboxylic acids is 2. The fourth-order valence-electron chi connectivity index (χ4n) is 4.03. The molecule has 1 aliphatic heterocycles. The Labute approximate surface area is 231 Å². The van der Waals surface area contributed by atoms with Gasteiger partial charge in [-0.15, -0.1) is 0 Å². The normalized spacial score (nSPS) is 16.1. The van der Waals surface area contributed by atoms with E-state index in [0.717, 1.165) is 51.4 Å². The quantitative estimate of drug-likeness (QED) is 0.188. The summed E-state index contributed by atoms with van der Waals surface area (Å²) in [5.74, 6) is 0.146. The molecule has 0 N–H and O–H groups in total. The zero-order valence-electron chi connectivity index (χ0n) is 22.6. The van der Waals surface area contributed by atoms with Crippen molar-refractivity contribution in [2.45, 2.75) is 70.8 Å². The standard InChI is InChI=1S/C31H43N3O2.H2S/c1-3-4-5-6-7-8-9-10-11-12-13-14-15-16-17-18-19-22-30(35)33(2)29-23-25-34(27-29)31(36)28-21-20-24-32-26-28;/h4-5,7-8,10-11,13-14,16-17,20-21,24,26,29H,3,6,9,12,15,18-19,22-23,25,27H2,1-2H3;1H2/b5-4-,8-7-,11-10-,14-13-,17-16-;/t29-;/m0./s1. The highest BCUT2D eigenvalue weighted by atomic mass is 32.1. The number of likely N-dealkylation sites (tertiary alicyclic amines) is 1. The van der Waals surface area contributed by atoms with Gasteiger partial charge in [0.05, 0.1) is 11.6 Å². The van der Waals surface area contributed by atoms with E-state index in [0.29, 0.717) is 25.1 Å². The van der Waals surface area contributed by atoms with Crippen molar-refractivity contribution < 1.29 is 9.59 Å². The molecule has 2 rings (SSSR count). The number of pyridine rings is 1. The molecular weight excluding hydrogens is 478 g/mol. The maximum atomic E-state index is 12.6. The number of likely N-dealkylation sites (N-methyl/N-ethyl adjacent to an activating group) is 1. The van der Waals surface area contributed by atoms with Crippen molar-refractivity contribution in [1.82, 2.24) is 14.8 Å². The molecule has 0 unspecified atom stereocenters. The number of allylic oxidation sites excluding steroid dienone is 10. The lowest BCUT2D eigenvalue weighted by Crippen LogP contribution is -2.40. The molecular formula is C31H45N3O2S. The lowest BCUT2D eigenvalue weighted by molar-refractivity contribution is -0.131. The van der Waals surface area contributed by atoms with Crippen LogP contribution in [-0.4, -0.2) is 52.8 Å². The largest absolute Gasteiger partial charge is 0.341 e. The first-order valence-corrected chi connectivity index (χ1v) is 13.3. The SMILES string of the molecule is CC/C=C\C/C=C\C/C=C\C/C=C\C/C=C\CCCC(=O)N(C)[C@H]1CCN(C(=O)c2cccnc2)C1.S. The van der Waals surface area contributed by atoms with Gasteiger partial charge in [0.25, 0.3) is 5.91 Å². The molecule has 0 aliphatic carbocycles. The summed E-state index contributed by atoms with van der Waals surface area (Å²) in [4.78, 5) is 32.9. The van der Waals surface area contributed by atoms with E-state index >= 15 is 0 Å². The van der Waals surface area contributed by atoms with Gasteiger partial charge < -0.3 is 9.80 Å². The number of hydrogen-bond acceptors (Lipinski definition) is 3. The molecule has 0 spiro atoms. The molecule has 37 heavy (non-hydrogen) atoms. The number of aromatic nitrogens is 1. The van der Waals surface area contributed by atoms with Crippen molar-refractivity contribution >= 4 is 25.3 Å². The number of amides is 2. The number of carbonyl (C=O) groups is 2. The van der Waals surface area contributed by atoms with Crippen molar-refractivity contribution in [2.24, 2.45) is 0 Å². The molecule has 1 saturated heterocycles. The van der Waals surface area contributed by atoms with Crippen LogP contribution < -0.4 is 0 Å². The van der Waals surface area contributed by atoms with Crippen LogP contribution in [0.2, 0.25) is 0 Å². The predicted molar refractivity (Wildman–Crippen MR) is 160 cm³/mol. The summed E-state index contributed by atoms with van der Waals surface area (Å²) in [5, 5.41) is 0. The second kappa shape index (κ2) is 20.2. The van der Waals surface area contributed by atoms with Crippen LogP contribution in [0.1, 0.15) is 75.1 Å². The highest BCUT2D eigenvalue weighted by molar-refractivity contribution is 7.59. The molecule has 1 aromatic heterocycles. The van der Waals surface area contributed by atoms with Crippen LogP contribution in [0.3, 0.4) is 0 Å². The van der Waals surface area contributed by atoms with Gasteiger partial charge in [-0.1, -0.05) is 67.7 Å². The molecule has 1 aromatic rings. The first-order valence-electron chi connectivity index (χ1n) is 13.3. The Kier molecular flexibility index (Phi) is 17.6. The summed E-state index contributed by atoms with van der Waals surface area (Å²) in [6.45, 7) is 3.41. The summed E-state index contributed by atoms with van der Waals surface area (Å²) >= 11 is 0. The van der Waals surface area contributed by atoms with E-state index < -0.39 is 0 Å². The minimum Gasteiger partial charge on any atom is -0.341 e. The van der Waals surface area contributed by atoms with Gasteiger partial charge in [0.2, 0.25) is 5.91 Å². The summed E-state index contributed by atoms with van der Waals surface area (Å²) in [5.41, 5.74) is 0.601. The van der Waals surface area contributed by atoms with E-state index in [9.17, 15) is 9.59 Å². The Bertz CT molecular complexity index is 922. The monoisotopic (exact) mass is 523 g/mol. The second-order valence-electron chi connectivity index (χ2n) is 9.04. The van der Waals surface area contributed by atoms with Crippen LogP contribution in [0.4, 0.5) is 0 Å². The lowest BCUT2D eigenvalue weighted by Gasteiger charge is -2.25. The maximum absolute atomic E-state index is 12.6. The summed E-state index contributed by atoms with van der Waals surface area (Å²) < 4.78 is 0. The minimum atomic E-state index is -0.00941. The van der Waals surface area contributed by atoms with Gasteiger partial charge in [0, 0.05) is 39.0 Å². The Hall–Kier alpha value is -2.86. The fraction of sp³-hybridized carbons (Fsp3) is 0.452. The molecule has 0 aromatic carbocycles. The Balaban J connectivity index is 0.00000684. The average Bonchev–Trinajstić information content (AvgIpc) is 3.40. The van der Waals surface area contributed by atoms with Gasteiger partial charge >= 0.3 is 0 Å². The summed E-state index contributed by atoms with van der Waals surface area (Å²) in [6.07, 6.45) is 33.3. The third-order valence-corrected chi connectivity index (χ3v) is 6.22. The third kappa shape index (κ3) is 13.3. The van der Waals surface area contributed by atoms with Gasteiger partial charge in [-0.3, -0.25) is 14.6 Å². The van der Waals surface area contributed by atoms with E-state index in [1.54, 1.807) is 24.5 Å². The zero-order chi connectivity index (χ0) is 25.8. The molecule has 0 saturated carbocycles. The molecule has 2 amide bonds. The lowest BCUT2D eigenvalue weighted by atomic mass is 10.1. The highest BCUT2D eigenvalue weighted by Crippen LogP contribution is 2.18. The Morgan fingerprint density at radius 3 is 2.14 bits per heavy atom. The van der Waals surface area contributed by atoms with Crippen molar-refractivity contribution in [1.29, 1.82) is 0 Å². The number of unbranched alkanes of at least 4 members (excludes halogenated alkanes) is 1. The van der Waals surface area contributed by atoms with Gasteiger partial charge in [0.15, 0.2) is 0 Å². The molecule has 5 nitrogen and oxygen atoms in total. The predicted octanol–water partition coefficient (Wildman–Crippen LogP) is 6.79. The van der Waals surface area contributed by atoms with Crippen LogP contribution in [0.5, 0.6) is 0 Å². The van der Waals surface area contributed by atoms with Crippen molar-refractivity contribution in [3.63, 3.8) is 0 Å². The summed E-state index contributed by atoms with van der Waals surface area (Å²) in [7, 11) is 1.86. The van der Waals surface area contributed by atoms with Crippen LogP contribution in [0.15, 0.2) is 85.3 Å². The molecule has 0 bridgehead atoms. The van der Waals surface area contributed by atoms with Gasteiger partial charge in [-0.05, 0) is 63.5 Å². The van der Waals surface area contributed by atoms with Crippen molar-refractivity contribution in [3.8, 4) is 0 Å². The van der Waals surface area contributed by atoms with Crippen molar-refractivity contribution in [2.75, 3.05) is 20.1 Å². The van der Waals surface area contributed by atoms with E-state index in [1.807, 2.05) is 16.8 Å². The first kappa shape index (κ1) is 32.2. The highest BCUT2D eigenvalue weighted by Gasteiger charge is 2.31. The number of nitrogens with zero attached hydrogens (tertiary/aromatic N) is 3. The fourth-order valence-corrected chi connectivity index (χ4v) is 4.03. The van der Waals surface area contributed by atoms with Crippen LogP contribution in [-0.2, 0) is 4.79 Å². The van der Waals surface area contributed by atoms with Gasteiger partial charge in [-0.25, -0.2) is 0 Å². The van der Waals surface area contributed by atoms with Crippen molar-refractivity contribution in [3.05, 3.63) is 90.9 Å². The molecule has 1 aliphatic rings. The van der Waals surface area contributed by atoms with Crippen LogP contribution >= 0.6 is 13.5 Å². The van der Waals surface area contributed by atoms with E-state index in [4.69, 9.17) is 0 Å². The minimum absolute atomic E-state index is 0. The molecule has 1 atom stereocenters. The topological polar surface area (TPSA) is 53.5 Å². The number of rotatable bonds is 15. The number of hydrogen-bond donors (Lipinski definition) is 0. The molecule has 6 heteroatoms.